The first-order valence-electron chi connectivity index (χ1n) is 7.08. The second-order valence-corrected chi connectivity index (χ2v) is 5.27. The number of methoxy groups -OCH3 is 1. The molecule has 2 nitrogen and oxygen atoms in total. The van der Waals surface area contributed by atoms with Crippen molar-refractivity contribution in [2.45, 2.75) is 26.8 Å². The Balaban J connectivity index is 1.78. The zero-order chi connectivity index (χ0) is 14.4. The fraction of sp³-hybridized carbons (Fsp3) is 0.333. The Labute approximate surface area is 121 Å². The molecule has 0 atom stereocenters. The maximum absolute atomic E-state index is 5.16. The molecule has 0 aliphatic rings. The minimum atomic E-state index is 0.914. The third-order valence-corrected chi connectivity index (χ3v) is 3.36. The van der Waals surface area contributed by atoms with Crippen LogP contribution < -0.4 is 10.1 Å². The minimum absolute atomic E-state index is 0.914. The van der Waals surface area contributed by atoms with E-state index in [1.807, 2.05) is 12.1 Å². The molecule has 1 N–H and O–H groups in total. The average molecular weight is 269 g/mol. The average Bonchev–Trinajstić information content (AvgIpc) is 2.43. The summed E-state index contributed by atoms with van der Waals surface area (Å²) in [5.74, 6) is 0.914. The smallest absolute Gasteiger partial charge is 0.118 e. The molecule has 0 saturated carbocycles. The van der Waals surface area contributed by atoms with Crippen molar-refractivity contribution < 1.29 is 4.74 Å². The Morgan fingerprint density at radius 1 is 0.900 bits per heavy atom. The van der Waals surface area contributed by atoms with E-state index in [9.17, 15) is 0 Å². The van der Waals surface area contributed by atoms with Crippen molar-refractivity contribution in [1.82, 2.24) is 5.32 Å². The standard InChI is InChI=1S/C18H23NO/c1-14-10-15(2)12-17(11-14)13-19-9-8-16-4-6-18(20-3)7-5-16/h4-7,10-12,19H,8-9,13H2,1-3H3. The summed E-state index contributed by atoms with van der Waals surface area (Å²) >= 11 is 0. The number of rotatable bonds is 6. The zero-order valence-corrected chi connectivity index (χ0v) is 12.6. The first kappa shape index (κ1) is 14.6. The van der Waals surface area contributed by atoms with Gasteiger partial charge in [0.05, 0.1) is 7.11 Å². The summed E-state index contributed by atoms with van der Waals surface area (Å²) in [7, 11) is 1.69. The van der Waals surface area contributed by atoms with Crippen LogP contribution in [0.2, 0.25) is 0 Å². The number of ether oxygens (including phenoxy) is 1. The number of aryl methyl sites for hydroxylation is 2. The van der Waals surface area contributed by atoms with Crippen molar-refractivity contribution in [1.29, 1.82) is 0 Å². The van der Waals surface area contributed by atoms with Crippen molar-refractivity contribution in [3.05, 3.63) is 64.7 Å². The highest BCUT2D eigenvalue weighted by Gasteiger charge is 1.97. The van der Waals surface area contributed by atoms with E-state index in [2.05, 4.69) is 49.5 Å². The summed E-state index contributed by atoms with van der Waals surface area (Å²) in [5, 5.41) is 3.50. The molecule has 2 aromatic rings. The van der Waals surface area contributed by atoms with Gasteiger partial charge in [-0.15, -0.1) is 0 Å². The van der Waals surface area contributed by atoms with Crippen LogP contribution in [0, 0.1) is 13.8 Å². The Kier molecular flexibility index (Phi) is 5.19. The SMILES string of the molecule is COc1ccc(CCNCc2cc(C)cc(C)c2)cc1. The van der Waals surface area contributed by atoms with Crippen LogP contribution in [-0.2, 0) is 13.0 Å². The normalized spacial score (nSPS) is 10.6. The van der Waals surface area contributed by atoms with E-state index in [0.29, 0.717) is 0 Å². The maximum Gasteiger partial charge on any atom is 0.118 e. The van der Waals surface area contributed by atoms with Gasteiger partial charge in [-0.25, -0.2) is 0 Å². The van der Waals surface area contributed by atoms with E-state index in [0.717, 1.165) is 25.3 Å². The second-order valence-electron chi connectivity index (χ2n) is 5.27. The maximum atomic E-state index is 5.16. The van der Waals surface area contributed by atoms with Crippen molar-refractivity contribution in [3.8, 4) is 5.75 Å². The molecule has 2 aromatic carbocycles. The number of hydrogen-bond acceptors (Lipinski definition) is 2. The summed E-state index contributed by atoms with van der Waals surface area (Å²) in [5.41, 5.74) is 5.35. The van der Waals surface area contributed by atoms with Gasteiger partial charge < -0.3 is 10.1 Å². The minimum Gasteiger partial charge on any atom is -0.497 e. The van der Waals surface area contributed by atoms with Crippen LogP contribution in [0.15, 0.2) is 42.5 Å². The fourth-order valence-electron chi connectivity index (χ4n) is 2.43. The van der Waals surface area contributed by atoms with Gasteiger partial charge in [-0.2, -0.15) is 0 Å². The van der Waals surface area contributed by atoms with Crippen LogP contribution in [0.5, 0.6) is 5.75 Å². The summed E-state index contributed by atoms with van der Waals surface area (Å²) < 4.78 is 5.16. The van der Waals surface area contributed by atoms with Crippen LogP contribution >= 0.6 is 0 Å². The quantitative estimate of drug-likeness (QED) is 0.808. The fourth-order valence-corrected chi connectivity index (χ4v) is 2.43. The zero-order valence-electron chi connectivity index (χ0n) is 12.6. The molecule has 0 amide bonds. The van der Waals surface area contributed by atoms with Crippen LogP contribution in [-0.4, -0.2) is 13.7 Å². The molecule has 0 unspecified atom stereocenters. The highest BCUT2D eigenvalue weighted by molar-refractivity contribution is 5.29. The molecule has 0 saturated heterocycles. The van der Waals surface area contributed by atoms with Gasteiger partial charge >= 0.3 is 0 Å². The summed E-state index contributed by atoms with van der Waals surface area (Å²) in [4.78, 5) is 0. The molecule has 0 fully saturated rings. The first-order chi connectivity index (χ1) is 9.67. The van der Waals surface area contributed by atoms with Gasteiger partial charge in [0.25, 0.3) is 0 Å². The Morgan fingerprint density at radius 3 is 2.15 bits per heavy atom. The first-order valence-corrected chi connectivity index (χ1v) is 7.08. The molecule has 2 heteroatoms. The molecular weight excluding hydrogens is 246 g/mol. The molecule has 0 bridgehead atoms. The second kappa shape index (κ2) is 7.11. The molecule has 0 aliphatic carbocycles. The molecule has 0 aliphatic heterocycles. The molecule has 0 radical (unpaired) electrons. The molecule has 0 aromatic heterocycles. The lowest BCUT2D eigenvalue weighted by Crippen LogP contribution is -2.16. The lowest BCUT2D eigenvalue weighted by atomic mass is 10.1. The predicted molar refractivity (Wildman–Crippen MR) is 84.3 cm³/mol. The molecular formula is C18H23NO. The number of nitrogens with one attached hydrogen (secondary N) is 1. The summed E-state index contributed by atoms with van der Waals surface area (Å²) in [6.45, 7) is 6.21. The highest BCUT2D eigenvalue weighted by atomic mass is 16.5. The highest BCUT2D eigenvalue weighted by Crippen LogP contribution is 2.11. The van der Waals surface area contributed by atoms with Gasteiger partial charge in [0.15, 0.2) is 0 Å². The van der Waals surface area contributed by atoms with Gasteiger partial charge in [0.1, 0.15) is 5.75 Å². The van der Waals surface area contributed by atoms with Crippen LogP contribution in [0.25, 0.3) is 0 Å². The van der Waals surface area contributed by atoms with E-state index in [1.54, 1.807) is 7.11 Å². The largest absolute Gasteiger partial charge is 0.497 e. The van der Waals surface area contributed by atoms with Crippen LogP contribution in [0.1, 0.15) is 22.3 Å². The van der Waals surface area contributed by atoms with Crippen LogP contribution in [0.4, 0.5) is 0 Å². The third kappa shape index (κ3) is 4.39. The summed E-state index contributed by atoms with van der Waals surface area (Å²) in [6, 6.07) is 15.0. The van der Waals surface area contributed by atoms with E-state index in [-0.39, 0.29) is 0 Å². The lowest BCUT2D eigenvalue weighted by molar-refractivity contribution is 0.414. The van der Waals surface area contributed by atoms with Crippen molar-refractivity contribution in [2.24, 2.45) is 0 Å². The number of hydrogen-bond donors (Lipinski definition) is 1. The van der Waals surface area contributed by atoms with E-state index < -0.39 is 0 Å². The lowest BCUT2D eigenvalue weighted by Gasteiger charge is -2.08. The molecule has 106 valence electrons. The number of benzene rings is 2. The van der Waals surface area contributed by atoms with E-state index in [1.165, 1.54) is 22.3 Å². The Morgan fingerprint density at radius 2 is 1.55 bits per heavy atom. The molecule has 0 spiro atoms. The van der Waals surface area contributed by atoms with E-state index >= 15 is 0 Å². The van der Waals surface area contributed by atoms with Gasteiger partial charge in [-0.3, -0.25) is 0 Å². The topological polar surface area (TPSA) is 21.3 Å². The summed E-state index contributed by atoms with van der Waals surface area (Å²) in [6.07, 6.45) is 1.04. The molecule has 0 heterocycles. The molecule has 20 heavy (non-hydrogen) atoms. The molecule has 2 rings (SSSR count). The monoisotopic (exact) mass is 269 g/mol. The van der Waals surface area contributed by atoms with Crippen molar-refractivity contribution >= 4 is 0 Å². The van der Waals surface area contributed by atoms with E-state index in [4.69, 9.17) is 4.74 Å². The van der Waals surface area contributed by atoms with Gasteiger partial charge in [0, 0.05) is 6.54 Å². The van der Waals surface area contributed by atoms with Gasteiger partial charge in [-0.1, -0.05) is 41.5 Å². The Hall–Kier alpha value is -1.80. The van der Waals surface area contributed by atoms with Gasteiger partial charge in [-0.05, 0) is 50.1 Å². The van der Waals surface area contributed by atoms with Crippen molar-refractivity contribution in [2.75, 3.05) is 13.7 Å². The van der Waals surface area contributed by atoms with Crippen LogP contribution in [0.3, 0.4) is 0 Å². The Bertz CT molecular complexity index is 526. The van der Waals surface area contributed by atoms with Crippen molar-refractivity contribution in [3.63, 3.8) is 0 Å². The van der Waals surface area contributed by atoms with Gasteiger partial charge in [0.2, 0.25) is 0 Å². The third-order valence-electron chi connectivity index (χ3n) is 3.36. The predicted octanol–water partition coefficient (Wildman–Crippen LogP) is 3.64.